The number of aryl methyl sites for hydroxylation is 1. The number of carbonyl (C=O) groups excluding carboxylic acids is 1. The van der Waals surface area contributed by atoms with Gasteiger partial charge in [-0.05, 0) is 72.7 Å². The molecule has 2 bridgehead atoms. The SMILES string of the molecule is CSc1nc2c(F)c(-c3cc(C)cc4ccccc34)ncc2c2c1cc(CN1CCOC1=O)n2C1C2CCC1C2. The van der Waals surface area contributed by atoms with Gasteiger partial charge in [-0.25, -0.2) is 14.2 Å². The second kappa shape index (κ2) is 8.93. The number of thioether (sulfide) groups is 1. The predicted molar refractivity (Wildman–Crippen MR) is 156 cm³/mol. The lowest BCUT2D eigenvalue weighted by atomic mass is 9.78. The maximum Gasteiger partial charge on any atom is 0.410 e. The van der Waals surface area contributed by atoms with Gasteiger partial charge in [0.25, 0.3) is 0 Å². The molecule has 2 unspecified atom stereocenters. The van der Waals surface area contributed by atoms with E-state index in [4.69, 9.17) is 14.7 Å². The first-order chi connectivity index (χ1) is 19.5. The molecule has 4 fully saturated rings. The van der Waals surface area contributed by atoms with E-state index in [0.29, 0.717) is 48.8 Å². The van der Waals surface area contributed by atoms with Gasteiger partial charge in [-0.1, -0.05) is 30.3 Å². The molecule has 202 valence electrons. The van der Waals surface area contributed by atoms with E-state index in [-0.39, 0.29) is 11.9 Å². The topological polar surface area (TPSA) is 60.2 Å². The summed E-state index contributed by atoms with van der Waals surface area (Å²) < 4.78 is 24.3. The van der Waals surface area contributed by atoms with Crippen LogP contribution in [0.2, 0.25) is 0 Å². The lowest BCUT2D eigenvalue weighted by molar-refractivity contribution is 0.150. The van der Waals surface area contributed by atoms with Crippen LogP contribution in [0.4, 0.5) is 9.18 Å². The molecular formula is C32H29FN4O2S. The number of rotatable bonds is 5. The molecular weight excluding hydrogens is 523 g/mol. The van der Waals surface area contributed by atoms with Gasteiger partial charge in [0, 0.05) is 34.3 Å². The average Bonchev–Trinajstić information content (AvgIpc) is 3.75. The molecule has 1 amide bonds. The summed E-state index contributed by atoms with van der Waals surface area (Å²) in [6.45, 7) is 3.50. The Bertz CT molecular complexity index is 1850. The second-order valence-electron chi connectivity index (χ2n) is 11.5. The fourth-order valence-electron chi connectivity index (χ4n) is 7.45. The molecule has 0 N–H and O–H groups in total. The van der Waals surface area contributed by atoms with Crippen molar-refractivity contribution in [3.05, 3.63) is 65.7 Å². The van der Waals surface area contributed by atoms with Crippen molar-refractivity contribution in [3.8, 4) is 11.3 Å². The molecule has 3 aliphatic carbocycles. The van der Waals surface area contributed by atoms with Crippen molar-refractivity contribution < 1.29 is 13.9 Å². The third-order valence-electron chi connectivity index (χ3n) is 9.24. The highest BCUT2D eigenvalue weighted by Crippen LogP contribution is 2.58. The van der Waals surface area contributed by atoms with Crippen molar-refractivity contribution in [2.24, 2.45) is 11.8 Å². The smallest absolute Gasteiger partial charge is 0.410 e. The summed E-state index contributed by atoms with van der Waals surface area (Å²) in [6.07, 6.45) is 7.21. The molecule has 0 radical (unpaired) electrons. The van der Waals surface area contributed by atoms with Crippen molar-refractivity contribution in [2.75, 3.05) is 19.4 Å². The van der Waals surface area contributed by atoms with Crippen LogP contribution in [0.5, 0.6) is 0 Å². The van der Waals surface area contributed by atoms with Crippen molar-refractivity contribution in [1.82, 2.24) is 19.4 Å². The molecule has 2 atom stereocenters. The Morgan fingerprint density at radius 2 is 1.93 bits per heavy atom. The second-order valence-corrected chi connectivity index (χ2v) is 12.3. The van der Waals surface area contributed by atoms with Crippen LogP contribution in [0.1, 0.15) is 36.6 Å². The normalized spacial score (nSPS) is 22.0. The van der Waals surface area contributed by atoms with Gasteiger partial charge >= 0.3 is 6.09 Å². The number of carbonyl (C=O) groups is 1. The van der Waals surface area contributed by atoms with Crippen LogP contribution in [0.15, 0.2) is 53.7 Å². The zero-order valence-electron chi connectivity index (χ0n) is 22.5. The van der Waals surface area contributed by atoms with Crippen LogP contribution in [0.25, 0.3) is 43.8 Å². The molecule has 8 heteroatoms. The first kappa shape index (κ1) is 24.2. The Morgan fingerprint density at radius 1 is 1.10 bits per heavy atom. The average molecular weight is 553 g/mol. The Hall–Kier alpha value is -3.65. The van der Waals surface area contributed by atoms with E-state index in [1.807, 2.05) is 43.6 Å². The summed E-state index contributed by atoms with van der Waals surface area (Å²) in [6, 6.07) is 14.7. The number of nitrogens with zero attached hydrogens (tertiary/aromatic N) is 4. The highest BCUT2D eigenvalue weighted by Gasteiger charge is 2.49. The molecule has 40 heavy (non-hydrogen) atoms. The number of hydrogen-bond acceptors (Lipinski definition) is 5. The number of halogens is 1. The lowest BCUT2D eigenvalue weighted by Gasteiger charge is -2.39. The molecule has 9 rings (SSSR count). The summed E-state index contributed by atoms with van der Waals surface area (Å²) in [5.41, 5.74) is 4.57. The maximum atomic E-state index is 16.6. The number of benzene rings is 2. The summed E-state index contributed by atoms with van der Waals surface area (Å²) >= 11 is 1.53. The van der Waals surface area contributed by atoms with E-state index >= 15 is 4.39 Å². The van der Waals surface area contributed by atoms with Gasteiger partial charge in [-0.15, -0.1) is 11.8 Å². The van der Waals surface area contributed by atoms with Crippen LogP contribution < -0.4 is 0 Å². The van der Waals surface area contributed by atoms with Crippen LogP contribution >= 0.6 is 11.8 Å². The van der Waals surface area contributed by atoms with E-state index in [1.54, 1.807) is 4.90 Å². The lowest BCUT2D eigenvalue weighted by Crippen LogP contribution is -2.33. The standard InChI is InChI=1S/C32H29FN4O2S/c1-17-11-18-5-3-4-6-22(18)23(12-17)27-26(33)28-25(15-34-27)30-24(31(35-28)40-2)14-21(16-36-9-10-39-32(36)38)37(30)29-19-7-8-20(29)13-19/h3-6,11-12,14-15,19-20,29H,7-10,13,16H2,1-2H3. The van der Waals surface area contributed by atoms with Crippen molar-refractivity contribution >= 4 is 50.4 Å². The molecule has 3 saturated carbocycles. The van der Waals surface area contributed by atoms with Crippen molar-refractivity contribution in [1.29, 1.82) is 0 Å². The number of ether oxygens (including phenoxy) is 1. The van der Waals surface area contributed by atoms with Crippen LogP contribution in [-0.4, -0.2) is 44.9 Å². The number of pyridine rings is 2. The molecule has 1 aliphatic heterocycles. The maximum absolute atomic E-state index is 16.6. The molecule has 4 heterocycles. The molecule has 1 saturated heterocycles. The van der Waals surface area contributed by atoms with Crippen LogP contribution in [0.3, 0.4) is 0 Å². The molecule has 6 nitrogen and oxygen atoms in total. The number of hydrogen-bond donors (Lipinski definition) is 0. The highest BCUT2D eigenvalue weighted by molar-refractivity contribution is 7.98. The van der Waals surface area contributed by atoms with Gasteiger partial charge in [-0.3, -0.25) is 9.88 Å². The molecule has 3 aromatic heterocycles. The van der Waals surface area contributed by atoms with E-state index in [0.717, 1.165) is 48.9 Å². The number of amides is 1. The van der Waals surface area contributed by atoms with Crippen molar-refractivity contribution in [2.45, 2.75) is 43.8 Å². The Labute approximate surface area is 235 Å². The third-order valence-corrected chi connectivity index (χ3v) is 9.94. The molecule has 5 aromatic rings. The minimum absolute atomic E-state index is 0.274. The Kier molecular flexibility index (Phi) is 5.40. The van der Waals surface area contributed by atoms with Gasteiger partial charge in [0.1, 0.15) is 22.8 Å². The fourth-order valence-corrected chi connectivity index (χ4v) is 8.01. The summed E-state index contributed by atoms with van der Waals surface area (Å²) in [5.74, 6) is 0.836. The van der Waals surface area contributed by atoms with E-state index in [1.165, 1.54) is 31.0 Å². The predicted octanol–water partition coefficient (Wildman–Crippen LogP) is 7.50. The minimum atomic E-state index is -0.389. The van der Waals surface area contributed by atoms with Gasteiger partial charge in [-0.2, -0.15) is 0 Å². The Morgan fingerprint density at radius 3 is 2.67 bits per heavy atom. The largest absolute Gasteiger partial charge is 0.448 e. The van der Waals surface area contributed by atoms with E-state index in [9.17, 15) is 4.79 Å². The monoisotopic (exact) mass is 552 g/mol. The zero-order valence-corrected chi connectivity index (χ0v) is 23.3. The zero-order chi connectivity index (χ0) is 27.1. The first-order valence-corrected chi connectivity index (χ1v) is 15.2. The highest BCUT2D eigenvalue weighted by atomic mass is 32.2. The minimum Gasteiger partial charge on any atom is -0.448 e. The van der Waals surface area contributed by atoms with Gasteiger partial charge in [0.15, 0.2) is 5.82 Å². The number of cyclic esters (lactones) is 1. The van der Waals surface area contributed by atoms with Crippen LogP contribution in [-0.2, 0) is 11.3 Å². The molecule has 0 spiro atoms. The van der Waals surface area contributed by atoms with E-state index < -0.39 is 0 Å². The third kappa shape index (κ3) is 3.44. The summed E-state index contributed by atoms with van der Waals surface area (Å²) in [4.78, 5) is 23.8. The molecule has 2 aromatic carbocycles. The van der Waals surface area contributed by atoms with Gasteiger partial charge in [0.05, 0.1) is 18.6 Å². The van der Waals surface area contributed by atoms with Crippen LogP contribution in [0, 0.1) is 24.6 Å². The van der Waals surface area contributed by atoms with Crippen molar-refractivity contribution in [3.63, 3.8) is 0 Å². The van der Waals surface area contributed by atoms with Gasteiger partial charge < -0.3 is 9.30 Å². The molecule has 4 aliphatic rings. The van der Waals surface area contributed by atoms with E-state index in [2.05, 4.69) is 22.8 Å². The fraction of sp³-hybridized carbons (Fsp3) is 0.344. The summed E-state index contributed by atoms with van der Waals surface area (Å²) in [5, 5.41) is 4.56. The summed E-state index contributed by atoms with van der Waals surface area (Å²) in [7, 11) is 0. The van der Waals surface area contributed by atoms with Gasteiger partial charge in [0.2, 0.25) is 0 Å². The Balaban J connectivity index is 1.39. The quantitative estimate of drug-likeness (QED) is 0.211. The number of fused-ring (bicyclic) bond motifs is 5. The number of aromatic nitrogens is 3. The first-order valence-electron chi connectivity index (χ1n) is 14.0.